The maximum atomic E-state index is 11.9. The SMILES string of the molecule is CCc1ccc(NC(=O)CNC(=O)Nc2cccc(C)c2)cc1[N+](=O)[O-]. The monoisotopic (exact) mass is 356 g/mol. The summed E-state index contributed by atoms with van der Waals surface area (Å²) in [6, 6.07) is 11.2. The Hall–Kier alpha value is -3.42. The lowest BCUT2D eigenvalue weighted by Gasteiger charge is -2.09. The summed E-state index contributed by atoms with van der Waals surface area (Å²) in [4.78, 5) is 34.3. The average molecular weight is 356 g/mol. The van der Waals surface area contributed by atoms with Crippen LogP contribution in [0.25, 0.3) is 0 Å². The molecule has 0 aliphatic rings. The molecule has 2 rings (SSSR count). The van der Waals surface area contributed by atoms with Crippen LogP contribution in [0.3, 0.4) is 0 Å². The van der Waals surface area contributed by atoms with Gasteiger partial charge in [-0.15, -0.1) is 0 Å². The summed E-state index contributed by atoms with van der Waals surface area (Å²) >= 11 is 0. The molecule has 3 N–H and O–H groups in total. The van der Waals surface area contributed by atoms with Gasteiger partial charge in [0.25, 0.3) is 5.69 Å². The van der Waals surface area contributed by atoms with Crippen molar-refractivity contribution in [2.45, 2.75) is 20.3 Å². The van der Waals surface area contributed by atoms with Crippen molar-refractivity contribution < 1.29 is 14.5 Å². The third-order valence-corrected chi connectivity index (χ3v) is 3.63. The second-order valence-electron chi connectivity index (χ2n) is 5.68. The molecule has 8 heteroatoms. The Morgan fingerprint density at radius 2 is 1.81 bits per heavy atom. The number of nitro benzene ring substituents is 1. The molecule has 136 valence electrons. The second-order valence-corrected chi connectivity index (χ2v) is 5.68. The number of nitrogens with one attached hydrogen (secondary N) is 3. The highest BCUT2D eigenvalue weighted by atomic mass is 16.6. The van der Waals surface area contributed by atoms with E-state index in [-0.39, 0.29) is 12.2 Å². The normalized spacial score (nSPS) is 10.1. The first-order chi connectivity index (χ1) is 12.4. The summed E-state index contributed by atoms with van der Waals surface area (Å²) in [6.07, 6.45) is 0.519. The number of nitro groups is 1. The number of urea groups is 1. The standard InChI is InChI=1S/C18H20N4O4/c1-3-13-7-8-15(10-16(13)22(25)26)20-17(23)11-19-18(24)21-14-6-4-5-12(2)9-14/h4-10H,3,11H2,1-2H3,(H,20,23)(H2,19,21,24). The number of benzene rings is 2. The van der Waals surface area contributed by atoms with Crippen molar-refractivity contribution >= 4 is 29.0 Å². The topological polar surface area (TPSA) is 113 Å². The lowest BCUT2D eigenvalue weighted by molar-refractivity contribution is -0.385. The van der Waals surface area contributed by atoms with Gasteiger partial charge < -0.3 is 16.0 Å². The molecular formula is C18H20N4O4. The Kier molecular flexibility index (Phi) is 6.26. The first-order valence-electron chi connectivity index (χ1n) is 8.07. The van der Waals surface area contributed by atoms with Crippen molar-refractivity contribution in [1.29, 1.82) is 0 Å². The van der Waals surface area contributed by atoms with Crippen LogP contribution in [0, 0.1) is 17.0 Å². The quantitative estimate of drug-likeness (QED) is 0.544. The van der Waals surface area contributed by atoms with Gasteiger partial charge in [-0.05, 0) is 37.1 Å². The van der Waals surface area contributed by atoms with Crippen LogP contribution in [0.2, 0.25) is 0 Å². The summed E-state index contributed by atoms with van der Waals surface area (Å²) in [6.45, 7) is 3.46. The van der Waals surface area contributed by atoms with E-state index in [0.717, 1.165) is 5.56 Å². The number of hydrogen-bond donors (Lipinski definition) is 3. The Morgan fingerprint density at radius 1 is 1.08 bits per heavy atom. The molecule has 0 saturated heterocycles. The molecule has 0 heterocycles. The zero-order valence-corrected chi connectivity index (χ0v) is 14.5. The third kappa shape index (κ3) is 5.30. The van der Waals surface area contributed by atoms with Crippen LogP contribution in [0.4, 0.5) is 21.9 Å². The third-order valence-electron chi connectivity index (χ3n) is 3.63. The van der Waals surface area contributed by atoms with E-state index in [9.17, 15) is 19.7 Å². The number of hydrogen-bond acceptors (Lipinski definition) is 4. The van der Waals surface area contributed by atoms with Crippen molar-refractivity contribution in [3.05, 3.63) is 63.7 Å². The van der Waals surface area contributed by atoms with E-state index in [1.807, 2.05) is 26.0 Å². The van der Waals surface area contributed by atoms with Crippen molar-refractivity contribution in [2.75, 3.05) is 17.2 Å². The van der Waals surface area contributed by atoms with Crippen molar-refractivity contribution in [3.8, 4) is 0 Å². The van der Waals surface area contributed by atoms with Gasteiger partial charge in [0.15, 0.2) is 0 Å². The number of amides is 3. The molecule has 0 aliphatic heterocycles. The Balaban J connectivity index is 1.89. The number of carbonyl (C=O) groups is 2. The lowest BCUT2D eigenvalue weighted by Crippen LogP contribution is -2.35. The molecule has 0 aliphatic carbocycles. The van der Waals surface area contributed by atoms with Crippen molar-refractivity contribution in [2.24, 2.45) is 0 Å². The smallest absolute Gasteiger partial charge is 0.319 e. The first-order valence-corrected chi connectivity index (χ1v) is 8.07. The summed E-state index contributed by atoms with van der Waals surface area (Å²) in [7, 11) is 0. The van der Waals surface area contributed by atoms with E-state index in [1.165, 1.54) is 6.07 Å². The van der Waals surface area contributed by atoms with Crippen LogP contribution in [-0.4, -0.2) is 23.4 Å². The Morgan fingerprint density at radius 3 is 2.46 bits per heavy atom. The highest BCUT2D eigenvalue weighted by Gasteiger charge is 2.14. The van der Waals surface area contributed by atoms with Crippen molar-refractivity contribution in [3.63, 3.8) is 0 Å². The van der Waals surface area contributed by atoms with E-state index < -0.39 is 16.9 Å². The molecule has 3 amide bonds. The zero-order valence-electron chi connectivity index (χ0n) is 14.5. The minimum Gasteiger partial charge on any atom is -0.329 e. The molecule has 0 bridgehead atoms. The number of rotatable bonds is 6. The number of carbonyl (C=O) groups excluding carboxylic acids is 2. The van der Waals surface area contributed by atoms with Gasteiger partial charge >= 0.3 is 6.03 Å². The fraction of sp³-hybridized carbons (Fsp3) is 0.222. The van der Waals surface area contributed by atoms with Crippen LogP contribution in [0.5, 0.6) is 0 Å². The predicted molar refractivity (Wildman–Crippen MR) is 99.3 cm³/mol. The Bertz CT molecular complexity index is 836. The van der Waals surface area contributed by atoms with Crippen LogP contribution in [0.15, 0.2) is 42.5 Å². The molecule has 0 radical (unpaired) electrons. The molecule has 0 saturated carbocycles. The predicted octanol–water partition coefficient (Wildman–Crippen LogP) is 3.23. The minimum absolute atomic E-state index is 0.0459. The maximum Gasteiger partial charge on any atom is 0.319 e. The first kappa shape index (κ1) is 18.9. The fourth-order valence-electron chi connectivity index (χ4n) is 2.37. The highest BCUT2D eigenvalue weighted by molar-refractivity contribution is 5.97. The average Bonchev–Trinajstić information content (AvgIpc) is 2.60. The van der Waals surface area contributed by atoms with E-state index in [4.69, 9.17) is 0 Å². The van der Waals surface area contributed by atoms with Crippen molar-refractivity contribution in [1.82, 2.24) is 5.32 Å². The zero-order chi connectivity index (χ0) is 19.1. The van der Waals surface area contributed by atoms with Gasteiger partial charge in [-0.2, -0.15) is 0 Å². The minimum atomic E-state index is -0.516. The fourth-order valence-corrected chi connectivity index (χ4v) is 2.37. The molecule has 0 aromatic heterocycles. The van der Waals surface area contributed by atoms with Crippen LogP contribution < -0.4 is 16.0 Å². The molecule has 0 atom stereocenters. The van der Waals surface area contributed by atoms with E-state index in [1.54, 1.807) is 24.3 Å². The molecule has 8 nitrogen and oxygen atoms in total. The summed E-state index contributed by atoms with van der Waals surface area (Å²) < 4.78 is 0. The van der Waals surface area contributed by atoms with Gasteiger partial charge in [0.1, 0.15) is 0 Å². The van der Waals surface area contributed by atoms with Gasteiger partial charge in [0.2, 0.25) is 5.91 Å². The molecule has 2 aromatic rings. The summed E-state index contributed by atoms with van der Waals surface area (Å²) in [5.41, 5.74) is 2.46. The van der Waals surface area contributed by atoms with E-state index in [0.29, 0.717) is 23.4 Å². The highest BCUT2D eigenvalue weighted by Crippen LogP contribution is 2.23. The molecule has 2 aromatic carbocycles. The maximum absolute atomic E-state index is 11.9. The molecule has 0 spiro atoms. The van der Waals surface area contributed by atoms with Gasteiger partial charge in [0.05, 0.1) is 11.5 Å². The van der Waals surface area contributed by atoms with Gasteiger partial charge in [0, 0.05) is 23.0 Å². The van der Waals surface area contributed by atoms with Gasteiger partial charge in [-0.25, -0.2) is 4.79 Å². The van der Waals surface area contributed by atoms with Gasteiger partial charge in [-0.3, -0.25) is 14.9 Å². The summed E-state index contributed by atoms with van der Waals surface area (Å²) in [5.74, 6) is -0.483. The second kappa shape index (κ2) is 8.61. The largest absolute Gasteiger partial charge is 0.329 e. The van der Waals surface area contributed by atoms with Gasteiger partial charge in [-0.1, -0.05) is 25.1 Å². The number of nitrogens with zero attached hydrogens (tertiary/aromatic N) is 1. The Labute approximate surface area is 150 Å². The van der Waals surface area contributed by atoms with E-state index >= 15 is 0 Å². The molecule has 26 heavy (non-hydrogen) atoms. The molecule has 0 unspecified atom stereocenters. The number of anilines is 2. The lowest BCUT2D eigenvalue weighted by atomic mass is 10.1. The van der Waals surface area contributed by atoms with Crippen LogP contribution >= 0.6 is 0 Å². The van der Waals surface area contributed by atoms with Crippen LogP contribution in [0.1, 0.15) is 18.1 Å². The number of aryl methyl sites for hydroxylation is 2. The van der Waals surface area contributed by atoms with E-state index in [2.05, 4.69) is 16.0 Å². The van der Waals surface area contributed by atoms with Crippen LogP contribution in [-0.2, 0) is 11.2 Å². The summed E-state index contributed by atoms with van der Waals surface area (Å²) in [5, 5.41) is 18.6. The molecule has 0 fully saturated rings. The molecular weight excluding hydrogens is 336 g/mol.